The zero-order valence-corrected chi connectivity index (χ0v) is 18.9. The van der Waals surface area contributed by atoms with E-state index in [1.165, 1.54) is 29.9 Å². The van der Waals surface area contributed by atoms with E-state index in [1.807, 2.05) is 0 Å². The largest absolute Gasteiger partial charge is 0.495 e. The van der Waals surface area contributed by atoms with Gasteiger partial charge in [-0.2, -0.15) is 4.31 Å². The van der Waals surface area contributed by atoms with Gasteiger partial charge >= 0.3 is 0 Å². The number of hydrogen-bond acceptors (Lipinski definition) is 8. The number of sulfonamides is 1. The summed E-state index contributed by atoms with van der Waals surface area (Å²) in [5.41, 5.74) is 1.07. The average Bonchev–Trinajstić information content (AvgIpc) is 3.39. The Morgan fingerprint density at radius 1 is 1.12 bits per heavy atom. The van der Waals surface area contributed by atoms with Gasteiger partial charge in [0.2, 0.25) is 22.3 Å². The summed E-state index contributed by atoms with van der Waals surface area (Å²) in [6.07, 6.45) is 3.90. The lowest BCUT2D eigenvalue weighted by atomic mass is 10.2. The molecule has 0 unspecified atom stereocenters. The van der Waals surface area contributed by atoms with Crippen molar-refractivity contribution in [2.24, 2.45) is 0 Å². The Hall–Kier alpha value is -3.44. The van der Waals surface area contributed by atoms with Crippen LogP contribution in [0.1, 0.15) is 19.3 Å². The molecule has 1 fully saturated rings. The molecule has 2 heterocycles. The first-order valence-electron chi connectivity index (χ1n) is 10.4. The van der Waals surface area contributed by atoms with Crippen molar-refractivity contribution < 1.29 is 27.1 Å². The molecule has 0 radical (unpaired) electrons. The van der Waals surface area contributed by atoms with Crippen LogP contribution in [-0.2, 0) is 14.8 Å². The van der Waals surface area contributed by atoms with Crippen molar-refractivity contribution in [1.29, 1.82) is 0 Å². The van der Waals surface area contributed by atoms with E-state index in [-0.39, 0.29) is 17.3 Å². The minimum absolute atomic E-state index is 0.0298. The van der Waals surface area contributed by atoms with Crippen LogP contribution in [-0.4, -0.2) is 55.6 Å². The van der Waals surface area contributed by atoms with E-state index < -0.39 is 15.9 Å². The number of ether oxygens (including phenoxy) is 2. The number of benzene rings is 2. The normalized spacial score (nSPS) is 14.6. The highest BCUT2D eigenvalue weighted by atomic mass is 32.2. The van der Waals surface area contributed by atoms with Gasteiger partial charge in [-0.05, 0) is 55.3 Å². The molecule has 1 aliphatic heterocycles. The second-order valence-corrected chi connectivity index (χ2v) is 9.34. The molecule has 1 saturated heterocycles. The summed E-state index contributed by atoms with van der Waals surface area (Å²) in [5.74, 6) is 0.671. The third-order valence-electron chi connectivity index (χ3n) is 5.21. The van der Waals surface area contributed by atoms with E-state index in [4.69, 9.17) is 13.9 Å². The molecular weight excluding hydrogens is 448 g/mol. The van der Waals surface area contributed by atoms with Gasteiger partial charge < -0.3 is 19.2 Å². The average molecular weight is 473 g/mol. The molecule has 0 bridgehead atoms. The molecule has 4 rings (SSSR count). The molecule has 2 aromatic carbocycles. The summed E-state index contributed by atoms with van der Waals surface area (Å²) in [6.45, 7) is 0.697. The van der Waals surface area contributed by atoms with Gasteiger partial charge in [0.1, 0.15) is 16.4 Å². The van der Waals surface area contributed by atoms with Crippen molar-refractivity contribution >= 4 is 21.6 Å². The van der Waals surface area contributed by atoms with E-state index in [1.54, 1.807) is 30.3 Å². The van der Waals surface area contributed by atoms with Crippen LogP contribution in [0.2, 0.25) is 0 Å². The predicted octanol–water partition coefficient (Wildman–Crippen LogP) is 2.94. The van der Waals surface area contributed by atoms with Crippen LogP contribution in [0.25, 0.3) is 11.5 Å². The van der Waals surface area contributed by atoms with Gasteiger partial charge in [-0.25, -0.2) is 8.42 Å². The monoisotopic (exact) mass is 472 g/mol. The standard InChI is InChI=1S/C22H24N4O6S/c1-30-19-10-7-17(13-20(19)33(28,29)26-11-3-2-4-12-26)24-21(27)14-31-18-8-5-16(6-9-18)22-25-23-15-32-22/h5-10,13,15H,2-4,11-12,14H2,1H3,(H,24,27). The highest BCUT2D eigenvalue weighted by molar-refractivity contribution is 7.89. The Morgan fingerprint density at radius 2 is 1.88 bits per heavy atom. The maximum Gasteiger partial charge on any atom is 0.262 e. The Morgan fingerprint density at radius 3 is 2.55 bits per heavy atom. The number of methoxy groups -OCH3 is 1. The van der Waals surface area contributed by atoms with Crippen molar-refractivity contribution in [3.05, 3.63) is 48.9 Å². The highest BCUT2D eigenvalue weighted by Gasteiger charge is 2.29. The second kappa shape index (κ2) is 10.0. The van der Waals surface area contributed by atoms with Gasteiger partial charge in [0, 0.05) is 24.3 Å². The Bertz CT molecular complexity index is 1190. The summed E-state index contributed by atoms with van der Waals surface area (Å²) in [7, 11) is -2.32. The van der Waals surface area contributed by atoms with Crippen LogP contribution in [0, 0.1) is 0 Å². The number of rotatable bonds is 8. The molecule has 1 aliphatic rings. The lowest BCUT2D eigenvalue weighted by molar-refractivity contribution is -0.118. The predicted molar refractivity (Wildman–Crippen MR) is 119 cm³/mol. The van der Waals surface area contributed by atoms with Gasteiger partial charge in [-0.3, -0.25) is 4.79 Å². The lowest BCUT2D eigenvalue weighted by Gasteiger charge is -2.26. The molecule has 1 aromatic heterocycles. The molecule has 0 saturated carbocycles. The van der Waals surface area contributed by atoms with Crippen LogP contribution in [0.4, 0.5) is 5.69 Å². The molecule has 33 heavy (non-hydrogen) atoms. The topological polar surface area (TPSA) is 124 Å². The zero-order valence-electron chi connectivity index (χ0n) is 18.1. The first kappa shape index (κ1) is 22.7. The van der Waals surface area contributed by atoms with E-state index in [0.29, 0.717) is 30.4 Å². The molecule has 0 atom stereocenters. The van der Waals surface area contributed by atoms with Crippen LogP contribution in [0.15, 0.2) is 58.2 Å². The van der Waals surface area contributed by atoms with Gasteiger partial charge in [0.15, 0.2) is 6.61 Å². The third kappa shape index (κ3) is 5.32. The maximum absolute atomic E-state index is 13.1. The van der Waals surface area contributed by atoms with Gasteiger partial charge in [-0.15, -0.1) is 10.2 Å². The van der Waals surface area contributed by atoms with Crippen LogP contribution in [0.5, 0.6) is 11.5 Å². The second-order valence-electron chi connectivity index (χ2n) is 7.44. The molecule has 174 valence electrons. The number of nitrogens with one attached hydrogen (secondary N) is 1. The van der Waals surface area contributed by atoms with Crippen molar-refractivity contribution in [2.75, 3.05) is 32.1 Å². The minimum Gasteiger partial charge on any atom is -0.495 e. The Kier molecular flexibility index (Phi) is 6.90. The third-order valence-corrected chi connectivity index (χ3v) is 7.13. The van der Waals surface area contributed by atoms with E-state index in [2.05, 4.69) is 15.5 Å². The molecule has 0 spiro atoms. The SMILES string of the molecule is COc1ccc(NC(=O)COc2ccc(-c3nnco3)cc2)cc1S(=O)(=O)N1CCCCC1. The van der Waals surface area contributed by atoms with Gasteiger partial charge in [0.25, 0.3) is 5.91 Å². The first-order valence-corrected chi connectivity index (χ1v) is 11.9. The molecule has 3 aromatic rings. The number of nitrogens with zero attached hydrogens (tertiary/aromatic N) is 3. The molecule has 0 aliphatic carbocycles. The number of amides is 1. The Balaban J connectivity index is 1.41. The summed E-state index contributed by atoms with van der Waals surface area (Å²) in [6, 6.07) is 11.4. The molecule has 10 nitrogen and oxygen atoms in total. The number of aromatic nitrogens is 2. The molecule has 11 heteroatoms. The summed E-state index contributed by atoms with van der Waals surface area (Å²) >= 11 is 0. The summed E-state index contributed by atoms with van der Waals surface area (Å²) in [5, 5.41) is 10.1. The van der Waals surface area contributed by atoms with Gasteiger partial charge in [-0.1, -0.05) is 6.42 Å². The zero-order chi connectivity index (χ0) is 23.3. The van der Waals surface area contributed by atoms with Crippen molar-refractivity contribution in [3.63, 3.8) is 0 Å². The number of carbonyl (C=O) groups is 1. The van der Waals surface area contributed by atoms with Crippen LogP contribution >= 0.6 is 0 Å². The molecular formula is C22H24N4O6S. The van der Waals surface area contributed by atoms with Crippen molar-refractivity contribution in [1.82, 2.24) is 14.5 Å². The fourth-order valence-electron chi connectivity index (χ4n) is 3.54. The summed E-state index contributed by atoms with van der Waals surface area (Å²) in [4.78, 5) is 12.4. The van der Waals surface area contributed by atoms with Gasteiger partial charge in [0.05, 0.1) is 7.11 Å². The van der Waals surface area contributed by atoms with Crippen molar-refractivity contribution in [2.45, 2.75) is 24.2 Å². The quantitative estimate of drug-likeness (QED) is 0.531. The lowest BCUT2D eigenvalue weighted by Crippen LogP contribution is -2.35. The smallest absolute Gasteiger partial charge is 0.262 e. The number of carbonyl (C=O) groups excluding carboxylic acids is 1. The molecule has 1 N–H and O–H groups in total. The van der Waals surface area contributed by atoms with Crippen LogP contribution in [0.3, 0.4) is 0 Å². The van der Waals surface area contributed by atoms with Crippen molar-refractivity contribution in [3.8, 4) is 23.0 Å². The van der Waals surface area contributed by atoms with E-state index in [0.717, 1.165) is 24.8 Å². The number of anilines is 1. The number of piperidine rings is 1. The van der Waals surface area contributed by atoms with Crippen LogP contribution < -0.4 is 14.8 Å². The van der Waals surface area contributed by atoms with E-state index in [9.17, 15) is 13.2 Å². The fourth-order valence-corrected chi connectivity index (χ4v) is 5.24. The Labute approximate surface area is 191 Å². The summed E-state index contributed by atoms with van der Waals surface area (Å²) < 4.78 is 43.6. The molecule has 1 amide bonds. The first-order chi connectivity index (χ1) is 16.0. The van der Waals surface area contributed by atoms with E-state index >= 15 is 0 Å². The maximum atomic E-state index is 13.1. The highest BCUT2D eigenvalue weighted by Crippen LogP contribution is 2.31. The minimum atomic E-state index is -3.73. The number of hydrogen-bond donors (Lipinski definition) is 1. The fraction of sp³-hybridized carbons (Fsp3) is 0.318.